The van der Waals surface area contributed by atoms with Crippen LogP contribution in [0.15, 0.2) is 63.7 Å². The first-order valence-electron chi connectivity index (χ1n) is 9.26. The molecule has 6 nitrogen and oxygen atoms in total. The van der Waals surface area contributed by atoms with Gasteiger partial charge in [0.05, 0.1) is 16.5 Å². The Kier molecular flexibility index (Phi) is 4.84. The van der Waals surface area contributed by atoms with E-state index >= 15 is 0 Å². The predicted octanol–water partition coefficient (Wildman–Crippen LogP) is 4.95. The molecule has 0 radical (unpaired) electrons. The Bertz CT molecular complexity index is 1090. The maximum absolute atomic E-state index is 13.2. The molecule has 0 spiro atoms. The molecule has 0 fully saturated rings. The van der Waals surface area contributed by atoms with E-state index in [-0.39, 0.29) is 17.2 Å². The molecule has 1 unspecified atom stereocenters. The van der Waals surface area contributed by atoms with Crippen LogP contribution in [-0.2, 0) is 4.79 Å². The highest BCUT2D eigenvalue weighted by Gasteiger charge is 2.46. The average Bonchev–Trinajstić information content (AvgIpc) is 3.43. The third kappa shape index (κ3) is 3.27. The summed E-state index contributed by atoms with van der Waals surface area (Å²) in [4.78, 5) is 27.9. The molecule has 1 aliphatic heterocycles. The zero-order valence-electron chi connectivity index (χ0n) is 16.2. The lowest BCUT2D eigenvalue weighted by Crippen LogP contribution is -2.31. The van der Waals surface area contributed by atoms with Crippen LogP contribution >= 0.6 is 11.3 Å². The molecule has 4 rings (SSSR count). The Labute approximate surface area is 172 Å². The number of hydrogen-bond acceptors (Lipinski definition) is 6. The lowest BCUT2D eigenvalue weighted by Gasteiger charge is -2.24. The summed E-state index contributed by atoms with van der Waals surface area (Å²) < 4.78 is 5.14. The van der Waals surface area contributed by atoms with Crippen LogP contribution in [0.5, 0.6) is 0 Å². The van der Waals surface area contributed by atoms with Gasteiger partial charge in [-0.25, -0.2) is 0 Å². The first kappa shape index (κ1) is 19.1. The van der Waals surface area contributed by atoms with Crippen LogP contribution in [0.4, 0.5) is 5.82 Å². The Balaban J connectivity index is 1.85. The molecule has 0 bridgehead atoms. The van der Waals surface area contributed by atoms with E-state index in [2.05, 4.69) is 19.0 Å². The lowest BCUT2D eigenvalue weighted by molar-refractivity contribution is -0.117. The third-order valence-electron chi connectivity index (χ3n) is 4.98. The number of nitrogens with zero attached hydrogens (tertiary/aromatic N) is 2. The number of Topliss-reactive ketones (excluding diaryl/α,β-unsaturated/α-hetero) is 1. The number of benzene rings is 1. The van der Waals surface area contributed by atoms with E-state index in [0.717, 1.165) is 5.56 Å². The summed E-state index contributed by atoms with van der Waals surface area (Å²) in [5, 5.41) is 16.4. The highest BCUT2D eigenvalue weighted by molar-refractivity contribution is 7.12. The van der Waals surface area contributed by atoms with Crippen molar-refractivity contribution in [2.24, 2.45) is 0 Å². The van der Waals surface area contributed by atoms with Crippen molar-refractivity contribution >= 4 is 28.8 Å². The van der Waals surface area contributed by atoms with E-state index in [1.54, 1.807) is 30.5 Å². The summed E-state index contributed by atoms with van der Waals surface area (Å²) in [6.07, 6.45) is 0. The van der Waals surface area contributed by atoms with E-state index in [0.29, 0.717) is 22.1 Å². The summed E-state index contributed by atoms with van der Waals surface area (Å²) in [7, 11) is 0. The quantitative estimate of drug-likeness (QED) is 0.604. The van der Waals surface area contributed by atoms with Gasteiger partial charge < -0.3 is 9.63 Å². The molecule has 0 saturated heterocycles. The highest BCUT2D eigenvalue weighted by atomic mass is 32.1. The van der Waals surface area contributed by atoms with Gasteiger partial charge in [0.25, 0.3) is 5.91 Å². The van der Waals surface area contributed by atoms with Gasteiger partial charge in [0, 0.05) is 6.07 Å². The maximum Gasteiger partial charge on any atom is 0.295 e. The average molecular weight is 408 g/mol. The minimum absolute atomic E-state index is 0.0513. The van der Waals surface area contributed by atoms with Crippen molar-refractivity contribution in [3.8, 4) is 0 Å². The molecule has 1 atom stereocenters. The van der Waals surface area contributed by atoms with Crippen LogP contribution in [-0.4, -0.2) is 22.0 Å². The van der Waals surface area contributed by atoms with Gasteiger partial charge in [-0.2, -0.15) is 0 Å². The van der Waals surface area contributed by atoms with Crippen LogP contribution < -0.4 is 4.90 Å². The topological polar surface area (TPSA) is 83.6 Å². The van der Waals surface area contributed by atoms with Gasteiger partial charge in [-0.05, 0) is 35.4 Å². The van der Waals surface area contributed by atoms with E-state index in [1.165, 1.54) is 16.2 Å². The number of aliphatic hydroxyl groups is 1. The van der Waals surface area contributed by atoms with Crippen LogP contribution in [0.25, 0.3) is 0 Å². The molecule has 0 saturated carbocycles. The number of carbonyl (C=O) groups is 2. The Morgan fingerprint density at radius 1 is 1.24 bits per heavy atom. The summed E-state index contributed by atoms with van der Waals surface area (Å²) >= 11 is 1.27. The van der Waals surface area contributed by atoms with Crippen molar-refractivity contribution < 1.29 is 19.2 Å². The van der Waals surface area contributed by atoms with Crippen molar-refractivity contribution in [2.45, 2.75) is 32.7 Å². The monoisotopic (exact) mass is 408 g/mol. The van der Waals surface area contributed by atoms with Crippen LogP contribution in [0.3, 0.4) is 0 Å². The molecule has 29 heavy (non-hydrogen) atoms. The SMILES string of the molecule is Cc1cc(N2C(=O)C(O)=C(C(=O)c3cccs3)C2c2ccc(C(C)C)cc2)no1. The van der Waals surface area contributed by atoms with E-state index in [1.807, 2.05) is 24.3 Å². The standard InChI is InChI=1S/C22H20N2O4S/c1-12(2)14-6-8-15(9-7-14)19-18(20(25)16-5-4-10-29-16)21(26)22(27)24(19)17-11-13(3)28-23-17/h4-12,19,26H,1-3H3. The first-order chi connectivity index (χ1) is 13.9. The Hall–Kier alpha value is -3.19. The molecular formula is C22H20N2O4S. The van der Waals surface area contributed by atoms with E-state index in [9.17, 15) is 14.7 Å². The van der Waals surface area contributed by atoms with Gasteiger partial charge >= 0.3 is 0 Å². The van der Waals surface area contributed by atoms with Gasteiger partial charge in [-0.3, -0.25) is 14.5 Å². The van der Waals surface area contributed by atoms with Gasteiger partial charge in [-0.15, -0.1) is 11.3 Å². The van der Waals surface area contributed by atoms with Crippen molar-refractivity contribution in [3.05, 3.63) is 80.9 Å². The number of thiophene rings is 1. The minimum atomic E-state index is -0.789. The van der Waals surface area contributed by atoms with Gasteiger partial charge in [0.15, 0.2) is 11.6 Å². The largest absolute Gasteiger partial charge is 0.503 e. The maximum atomic E-state index is 13.2. The van der Waals surface area contributed by atoms with Crippen molar-refractivity contribution in [2.75, 3.05) is 4.90 Å². The molecule has 148 valence electrons. The van der Waals surface area contributed by atoms with Gasteiger partial charge in [0.1, 0.15) is 5.76 Å². The number of aryl methyl sites for hydroxylation is 1. The predicted molar refractivity (Wildman–Crippen MR) is 110 cm³/mol. The summed E-state index contributed by atoms with van der Waals surface area (Å²) in [6.45, 7) is 5.90. The second-order valence-electron chi connectivity index (χ2n) is 7.26. The number of anilines is 1. The van der Waals surface area contributed by atoms with Crippen LogP contribution in [0.2, 0.25) is 0 Å². The smallest absolute Gasteiger partial charge is 0.295 e. The molecule has 1 aliphatic rings. The summed E-state index contributed by atoms with van der Waals surface area (Å²) in [5.41, 5.74) is 1.91. The highest BCUT2D eigenvalue weighted by Crippen LogP contribution is 2.42. The first-order valence-corrected chi connectivity index (χ1v) is 10.1. The molecule has 7 heteroatoms. The molecule has 1 amide bonds. The minimum Gasteiger partial charge on any atom is -0.503 e. The molecule has 3 aromatic rings. The van der Waals surface area contributed by atoms with Gasteiger partial charge in [0.2, 0.25) is 5.78 Å². The summed E-state index contributed by atoms with van der Waals surface area (Å²) in [5.74, 6) is -0.463. The molecule has 3 heterocycles. The fourth-order valence-corrected chi connectivity index (χ4v) is 4.14. The third-order valence-corrected chi connectivity index (χ3v) is 5.85. The van der Waals surface area contributed by atoms with Crippen LogP contribution in [0, 0.1) is 6.92 Å². The fourth-order valence-electron chi connectivity index (χ4n) is 3.46. The number of amides is 1. The number of hydrogen-bond donors (Lipinski definition) is 1. The number of aromatic nitrogens is 1. The van der Waals surface area contributed by atoms with Crippen molar-refractivity contribution in [1.82, 2.24) is 5.16 Å². The van der Waals surface area contributed by atoms with Crippen molar-refractivity contribution in [1.29, 1.82) is 0 Å². The molecule has 1 N–H and O–H groups in total. The second-order valence-corrected chi connectivity index (χ2v) is 8.21. The number of carbonyl (C=O) groups excluding carboxylic acids is 2. The zero-order chi connectivity index (χ0) is 20.7. The van der Waals surface area contributed by atoms with E-state index < -0.39 is 17.7 Å². The molecule has 2 aromatic heterocycles. The molecular weight excluding hydrogens is 388 g/mol. The zero-order valence-corrected chi connectivity index (χ0v) is 17.1. The Morgan fingerprint density at radius 2 is 1.97 bits per heavy atom. The van der Waals surface area contributed by atoms with Gasteiger partial charge in [-0.1, -0.05) is 49.3 Å². The number of rotatable bonds is 5. The summed E-state index contributed by atoms with van der Waals surface area (Å²) in [6, 6.07) is 12.0. The lowest BCUT2D eigenvalue weighted by atomic mass is 9.93. The fraction of sp³-hybridized carbons (Fsp3) is 0.227. The second kappa shape index (κ2) is 7.33. The van der Waals surface area contributed by atoms with Crippen LogP contribution in [0.1, 0.15) is 52.4 Å². The number of aliphatic hydroxyl groups excluding tert-OH is 1. The normalized spacial score (nSPS) is 16.9. The molecule has 0 aliphatic carbocycles. The Morgan fingerprint density at radius 3 is 2.52 bits per heavy atom. The molecule has 1 aromatic carbocycles. The van der Waals surface area contributed by atoms with E-state index in [4.69, 9.17) is 4.52 Å². The van der Waals surface area contributed by atoms with Crippen molar-refractivity contribution in [3.63, 3.8) is 0 Å². The number of ketones is 1.